The van der Waals surface area contributed by atoms with Crippen molar-refractivity contribution in [3.63, 3.8) is 0 Å². The highest BCUT2D eigenvalue weighted by molar-refractivity contribution is 6.04. The van der Waals surface area contributed by atoms with Gasteiger partial charge in [-0.15, -0.1) is 0 Å². The van der Waals surface area contributed by atoms with Gasteiger partial charge in [0, 0.05) is 24.0 Å². The number of nitrogens with zero attached hydrogens (tertiary/aromatic N) is 2. The Morgan fingerprint density at radius 2 is 1.85 bits per heavy atom. The maximum absolute atomic E-state index is 12.4. The molecule has 3 rings (SSSR count). The molecule has 0 fully saturated rings. The quantitative estimate of drug-likeness (QED) is 0.699. The fourth-order valence-corrected chi connectivity index (χ4v) is 2.44. The molecule has 6 nitrogen and oxygen atoms in total. The maximum atomic E-state index is 12.4. The minimum absolute atomic E-state index is 0.241. The van der Waals surface area contributed by atoms with Crippen LogP contribution in [-0.4, -0.2) is 18.0 Å². The third-order valence-electron chi connectivity index (χ3n) is 3.93. The largest absolute Gasteiger partial charge is 0.497 e. The lowest BCUT2D eigenvalue weighted by Gasteiger charge is -2.09. The summed E-state index contributed by atoms with van der Waals surface area (Å²) in [6.45, 7) is 0.581. The van der Waals surface area contributed by atoms with Crippen molar-refractivity contribution < 1.29 is 9.53 Å². The lowest BCUT2D eigenvalue weighted by molar-refractivity contribution is 0.102. The molecule has 0 atom stereocenters. The molecular weight excluding hydrogens is 340 g/mol. The number of methoxy groups -OCH3 is 1. The van der Waals surface area contributed by atoms with Gasteiger partial charge in [0.1, 0.15) is 11.6 Å². The summed E-state index contributed by atoms with van der Waals surface area (Å²) in [6, 6.07) is 19.8. The van der Waals surface area contributed by atoms with Gasteiger partial charge in [-0.3, -0.25) is 4.79 Å². The lowest BCUT2D eigenvalue weighted by Crippen LogP contribution is -2.12. The highest BCUT2D eigenvalue weighted by atomic mass is 16.5. The van der Waals surface area contributed by atoms with Gasteiger partial charge in [-0.1, -0.05) is 12.1 Å². The van der Waals surface area contributed by atoms with E-state index in [0.29, 0.717) is 29.2 Å². The van der Waals surface area contributed by atoms with Gasteiger partial charge in [0.05, 0.1) is 18.7 Å². The molecule has 0 aliphatic rings. The average Bonchev–Trinajstić information content (AvgIpc) is 2.73. The van der Waals surface area contributed by atoms with Crippen molar-refractivity contribution in [1.82, 2.24) is 4.98 Å². The van der Waals surface area contributed by atoms with Gasteiger partial charge in [0.15, 0.2) is 0 Å². The predicted molar refractivity (Wildman–Crippen MR) is 104 cm³/mol. The molecule has 0 aliphatic heterocycles. The van der Waals surface area contributed by atoms with E-state index in [9.17, 15) is 4.79 Å². The molecule has 0 saturated heterocycles. The molecule has 0 spiro atoms. The van der Waals surface area contributed by atoms with Gasteiger partial charge >= 0.3 is 0 Å². The van der Waals surface area contributed by atoms with Gasteiger partial charge < -0.3 is 15.4 Å². The van der Waals surface area contributed by atoms with E-state index in [1.807, 2.05) is 30.3 Å². The number of amides is 1. The van der Waals surface area contributed by atoms with Crippen LogP contribution in [0.5, 0.6) is 5.75 Å². The van der Waals surface area contributed by atoms with E-state index in [-0.39, 0.29) is 5.91 Å². The molecule has 27 heavy (non-hydrogen) atoms. The summed E-state index contributed by atoms with van der Waals surface area (Å²) in [5.41, 5.74) is 2.74. The van der Waals surface area contributed by atoms with Gasteiger partial charge in [0.25, 0.3) is 5.91 Å². The van der Waals surface area contributed by atoms with Crippen molar-refractivity contribution in [1.29, 1.82) is 5.26 Å². The molecule has 2 N–H and O–H groups in total. The van der Waals surface area contributed by atoms with Crippen LogP contribution in [0, 0.1) is 11.3 Å². The first-order valence-electron chi connectivity index (χ1n) is 8.32. The van der Waals surface area contributed by atoms with E-state index in [1.165, 1.54) is 0 Å². The molecular formula is C21H18N4O2. The number of carbonyl (C=O) groups is 1. The Hall–Kier alpha value is -3.85. The summed E-state index contributed by atoms with van der Waals surface area (Å²) in [5.74, 6) is 1.17. The van der Waals surface area contributed by atoms with Crippen molar-refractivity contribution in [2.24, 2.45) is 0 Å². The van der Waals surface area contributed by atoms with E-state index in [0.717, 1.165) is 11.3 Å². The first-order chi connectivity index (χ1) is 13.2. The van der Waals surface area contributed by atoms with Crippen LogP contribution in [0.3, 0.4) is 0 Å². The Labute approximate surface area is 157 Å². The number of carbonyl (C=O) groups excluding carboxylic acids is 1. The Morgan fingerprint density at radius 3 is 2.52 bits per heavy atom. The van der Waals surface area contributed by atoms with Crippen molar-refractivity contribution in [3.05, 3.63) is 83.6 Å². The first-order valence-corrected chi connectivity index (χ1v) is 8.32. The Bertz CT molecular complexity index is 961. The molecule has 0 bridgehead atoms. The lowest BCUT2D eigenvalue weighted by atomic mass is 10.2. The second kappa shape index (κ2) is 8.50. The summed E-state index contributed by atoms with van der Waals surface area (Å²) >= 11 is 0. The molecule has 1 amide bonds. The third-order valence-corrected chi connectivity index (χ3v) is 3.93. The van der Waals surface area contributed by atoms with E-state index in [4.69, 9.17) is 10.00 Å². The van der Waals surface area contributed by atoms with Crippen molar-refractivity contribution in [3.8, 4) is 11.8 Å². The summed E-state index contributed by atoms with van der Waals surface area (Å²) in [4.78, 5) is 16.7. The van der Waals surface area contributed by atoms with Crippen molar-refractivity contribution in [2.75, 3.05) is 17.7 Å². The van der Waals surface area contributed by atoms with Crippen LogP contribution in [0.15, 0.2) is 66.9 Å². The number of aromatic nitrogens is 1. The van der Waals surface area contributed by atoms with Crippen molar-refractivity contribution >= 4 is 17.4 Å². The predicted octanol–water partition coefficient (Wildman–Crippen LogP) is 3.83. The van der Waals surface area contributed by atoms with Crippen LogP contribution < -0.4 is 15.4 Å². The standard InChI is InChI=1S/C21H18N4O2/c1-27-19-8-4-16(5-9-19)14-24-20-12-17(10-11-23-20)21(26)25-18-6-2-15(13-22)3-7-18/h2-12H,14H2,1H3,(H,23,24)(H,25,26). The second-order valence-corrected chi connectivity index (χ2v) is 5.77. The highest BCUT2D eigenvalue weighted by Crippen LogP contribution is 2.15. The molecule has 0 radical (unpaired) electrons. The molecule has 3 aromatic rings. The number of hydrogen-bond donors (Lipinski definition) is 2. The van der Waals surface area contributed by atoms with Gasteiger partial charge in [-0.2, -0.15) is 5.26 Å². The zero-order valence-electron chi connectivity index (χ0n) is 14.8. The van der Waals surface area contributed by atoms with Gasteiger partial charge in [0.2, 0.25) is 0 Å². The molecule has 2 aromatic carbocycles. The zero-order valence-corrected chi connectivity index (χ0v) is 14.8. The van der Waals surface area contributed by atoms with Crippen LogP contribution in [0.25, 0.3) is 0 Å². The van der Waals surface area contributed by atoms with Crippen LogP contribution >= 0.6 is 0 Å². The number of hydrogen-bond acceptors (Lipinski definition) is 5. The number of nitrogens with one attached hydrogen (secondary N) is 2. The van der Waals surface area contributed by atoms with E-state index >= 15 is 0 Å². The van der Waals surface area contributed by atoms with Crippen molar-refractivity contribution in [2.45, 2.75) is 6.54 Å². The summed E-state index contributed by atoms with van der Waals surface area (Å²) < 4.78 is 5.14. The fourth-order valence-electron chi connectivity index (χ4n) is 2.44. The Kier molecular flexibility index (Phi) is 5.65. The molecule has 0 saturated carbocycles. The maximum Gasteiger partial charge on any atom is 0.255 e. The van der Waals surface area contributed by atoms with Crippen LogP contribution in [0.1, 0.15) is 21.5 Å². The molecule has 0 unspecified atom stereocenters. The number of anilines is 2. The molecule has 1 aromatic heterocycles. The minimum Gasteiger partial charge on any atom is -0.497 e. The number of rotatable bonds is 6. The molecule has 6 heteroatoms. The zero-order chi connectivity index (χ0) is 19.1. The molecule has 1 heterocycles. The average molecular weight is 358 g/mol. The van der Waals surface area contributed by atoms with Gasteiger partial charge in [-0.05, 0) is 54.1 Å². The van der Waals surface area contributed by atoms with Crippen LogP contribution in [0.2, 0.25) is 0 Å². The normalized spacial score (nSPS) is 9.93. The molecule has 134 valence electrons. The highest BCUT2D eigenvalue weighted by Gasteiger charge is 2.08. The number of benzene rings is 2. The topological polar surface area (TPSA) is 87.0 Å². The van der Waals surface area contributed by atoms with Gasteiger partial charge in [-0.25, -0.2) is 4.98 Å². The number of pyridine rings is 1. The number of nitriles is 1. The summed E-state index contributed by atoms with van der Waals surface area (Å²) in [5, 5.41) is 14.8. The summed E-state index contributed by atoms with van der Waals surface area (Å²) in [7, 11) is 1.63. The minimum atomic E-state index is -0.241. The van der Waals surface area contributed by atoms with E-state index in [1.54, 1.807) is 49.7 Å². The Morgan fingerprint density at radius 1 is 1.11 bits per heavy atom. The first kappa shape index (κ1) is 18.0. The van der Waals surface area contributed by atoms with E-state index in [2.05, 4.69) is 15.6 Å². The summed E-state index contributed by atoms with van der Waals surface area (Å²) in [6.07, 6.45) is 1.59. The van der Waals surface area contributed by atoms with E-state index < -0.39 is 0 Å². The van der Waals surface area contributed by atoms with Crippen LogP contribution in [0.4, 0.5) is 11.5 Å². The third kappa shape index (κ3) is 4.83. The number of ether oxygens (including phenoxy) is 1. The molecule has 0 aliphatic carbocycles. The van der Waals surface area contributed by atoms with Crippen LogP contribution in [-0.2, 0) is 6.54 Å². The monoisotopic (exact) mass is 358 g/mol. The second-order valence-electron chi connectivity index (χ2n) is 5.77. The SMILES string of the molecule is COc1ccc(CNc2cc(C(=O)Nc3ccc(C#N)cc3)ccn2)cc1. The smallest absolute Gasteiger partial charge is 0.255 e. The fraction of sp³-hybridized carbons (Fsp3) is 0.0952. The Balaban J connectivity index is 1.63.